The number of aromatic nitrogens is 8. The average Bonchev–Trinajstić information content (AvgIpc) is 1.44. The van der Waals surface area contributed by atoms with Crippen LogP contribution in [0.4, 0.5) is 24.0 Å². The molecular formula is C97H122N16O17. The number of methoxy groups -OCH3 is 4. The highest BCUT2D eigenvalue weighted by Crippen LogP contribution is 2.48. The Morgan fingerprint density at radius 2 is 0.877 bits per heavy atom. The van der Waals surface area contributed by atoms with Crippen LogP contribution < -0.4 is 30.7 Å². The third kappa shape index (κ3) is 19.3. The first kappa shape index (κ1) is 93.2. The number of rotatable bonds is 20. The van der Waals surface area contributed by atoms with Gasteiger partial charge in [-0.05, 0) is 201 Å². The minimum atomic E-state index is -1.06. The molecule has 4 saturated heterocycles. The summed E-state index contributed by atoms with van der Waals surface area (Å²) >= 11 is 0. The fraction of sp³-hybridized carbons (Fsp3) is 0.495. The monoisotopic (exact) mass is 1780 g/mol. The summed E-state index contributed by atoms with van der Waals surface area (Å²) in [5.74, 6) is 3.15. The van der Waals surface area contributed by atoms with Crippen molar-refractivity contribution in [3.05, 3.63) is 132 Å². The molecule has 6 aromatic carbocycles. The number of hydrogen-bond acceptors (Lipinski definition) is 20. The second-order valence-electron chi connectivity index (χ2n) is 37.3. The molecule has 33 heteroatoms. The van der Waals surface area contributed by atoms with Crippen molar-refractivity contribution in [3.63, 3.8) is 0 Å². The Labute approximate surface area is 755 Å². The maximum absolute atomic E-state index is 14.1. The first-order chi connectivity index (χ1) is 62.0. The number of hydrogen-bond donors (Lipinski definition) is 9. The van der Waals surface area contributed by atoms with E-state index in [1.54, 1.807) is 18.7 Å². The van der Waals surface area contributed by atoms with Gasteiger partial charge < -0.3 is 94.2 Å². The minimum absolute atomic E-state index is 0.0135. The van der Waals surface area contributed by atoms with E-state index in [1.165, 1.54) is 28.4 Å². The van der Waals surface area contributed by atoms with Crippen molar-refractivity contribution in [3.8, 4) is 56.3 Å². The standard InChI is InChI=1S/C46H56N8O7.C44H53N7O6.C7H13NO4/c1-9-25(5)39(52-46(58)60-8)44(56)54-26(6)10-15-35(54)42-48-33-14-12-27-18-32-30-13-11-28(17-29(30)22-61-37(32)19-31(27)40(33)50-42)34-20-47-41(49-34)36-16-24(4)21-53(36)43(55)38(23(2)3)51-45(57)59-7;1-9-24(3)37(49-42(53)55-8)41(52)51-25(4)10-15-34(51)40-46-32-14-12-26-18-31-29-13-11-27(17-28(29)22-56-36(31)19-30(26)38(32)48-40)33-20-45-39(47-33)35-16-23(2)21-50(35)43(54)57-44(5,6)7;1-4(2)5(6(9)10)8-7(11)12-3/h11-14,17-20,23-26,35-36,38-39H,9-10,15-16,21-22H2,1-8H3,(H,47,49)(H,48,50)(H,51,57)(H,52,58);11-14,17-20,23-25,34-35,37H,9-10,15-16,21-22H2,1-8H3,(H,45,47)(H,46,48)(H,49,53);4-5H,1-3H3,(H,8,11)(H,9,10)/t24-,25?,26-,35-,36?,38-,39-;23-,24?,25-,34-,35?,37-;5-/m000/s1. The fourth-order valence-corrected chi connectivity index (χ4v) is 18.8. The van der Waals surface area contributed by atoms with E-state index in [0.29, 0.717) is 38.0 Å². The van der Waals surface area contributed by atoms with E-state index < -0.39 is 60.1 Å². The fourth-order valence-electron chi connectivity index (χ4n) is 18.8. The summed E-state index contributed by atoms with van der Waals surface area (Å²) in [4.78, 5) is 154. The van der Waals surface area contributed by atoms with Gasteiger partial charge in [0.2, 0.25) is 17.7 Å². The van der Waals surface area contributed by atoms with Crippen LogP contribution in [0, 0.1) is 35.5 Å². The summed E-state index contributed by atoms with van der Waals surface area (Å²) in [5.41, 5.74) is 12.8. The molecule has 33 nitrogen and oxygen atoms in total. The molecule has 10 aromatic rings. The second kappa shape index (κ2) is 38.8. The highest BCUT2D eigenvalue weighted by atomic mass is 16.6. The lowest BCUT2D eigenvalue weighted by Crippen LogP contribution is -2.53. The van der Waals surface area contributed by atoms with Crippen molar-refractivity contribution in [1.29, 1.82) is 0 Å². The number of benzene rings is 6. The van der Waals surface area contributed by atoms with Gasteiger partial charge in [0.25, 0.3) is 0 Å². The third-order valence-electron chi connectivity index (χ3n) is 26.2. The summed E-state index contributed by atoms with van der Waals surface area (Å²) in [5, 5.41) is 23.1. The van der Waals surface area contributed by atoms with Crippen molar-refractivity contribution >= 4 is 97.8 Å². The first-order valence-electron chi connectivity index (χ1n) is 45.1. The molecule has 0 saturated carbocycles. The number of amides is 8. The van der Waals surface area contributed by atoms with Crippen LogP contribution in [0.2, 0.25) is 0 Å². The predicted molar refractivity (Wildman–Crippen MR) is 490 cm³/mol. The van der Waals surface area contributed by atoms with E-state index in [4.69, 9.17) is 53.5 Å². The number of aliphatic carboxylic acids is 1. The molecule has 9 N–H and O–H groups in total. The number of ether oxygens (including phenoxy) is 7. The Bertz CT molecular complexity index is 5930. The summed E-state index contributed by atoms with van der Waals surface area (Å²) in [6.07, 6.45) is 6.92. The van der Waals surface area contributed by atoms with E-state index in [1.807, 2.05) is 108 Å². The van der Waals surface area contributed by atoms with Crippen molar-refractivity contribution in [1.82, 2.24) is 80.7 Å². The molecule has 692 valence electrons. The number of nitrogens with one attached hydrogen (secondary N) is 8. The van der Waals surface area contributed by atoms with Crippen LogP contribution in [0.1, 0.15) is 214 Å². The molecule has 4 fully saturated rings. The van der Waals surface area contributed by atoms with E-state index in [9.17, 15) is 43.2 Å². The van der Waals surface area contributed by atoms with Gasteiger partial charge in [0, 0.05) is 47.1 Å². The number of carbonyl (C=O) groups is 9. The van der Waals surface area contributed by atoms with Gasteiger partial charge in [-0.2, -0.15) is 0 Å². The number of likely N-dealkylation sites (tertiary alicyclic amines) is 4. The van der Waals surface area contributed by atoms with Gasteiger partial charge in [0.1, 0.15) is 77.8 Å². The van der Waals surface area contributed by atoms with E-state index in [2.05, 4.69) is 140 Å². The Kier molecular flexibility index (Phi) is 27.8. The van der Waals surface area contributed by atoms with Crippen LogP contribution in [0.5, 0.6) is 11.5 Å². The molecule has 10 heterocycles. The lowest BCUT2D eigenvalue weighted by Gasteiger charge is -2.33. The molecule has 0 spiro atoms. The Morgan fingerprint density at radius 1 is 0.477 bits per heavy atom. The summed E-state index contributed by atoms with van der Waals surface area (Å²) in [6, 6.07) is 25.4. The molecule has 4 unspecified atom stereocenters. The van der Waals surface area contributed by atoms with Gasteiger partial charge in [-0.1, -0.05) is 118 Å². The number of carboxylic acid groups (broad SMARTS) is 1. The first-order valence-corrected chi connectivity index (χ1v) is 45.1. The van der Waals surface area contributed by atoms with Crippen LogP contribution in [-0.2, 0) is 56.1 Å². The van der Waals surface area contributed by atoms with E-state index in [-0.39, 0.29) is 89.7 Å². The highest BCUT2D eigenvalue weighted by Gasteiger charge is 2.46. The zero-order valence-electron chi connectivity index (χ0n) is 77.5. The van der Waals surface area contributed by atoms with E-state index >= 15 is 0 Å². The maximum atomic E-state index is 14.1. The minimum Gasteiger partial charge on any atom is -0.488 e. The van der Waals surface area contributed by atoms with E-state index in [0.717, 1.165) is 180 Å². The van der Waals surface area contributed by atoms with Crippen molar-refractivity contribution in [2.75, 3.05) is 41.5 Å². The smallest absolute Gasteiger partial charge is 0.410 e. The summed E-state index contributed by atoms with van der Waals surface area (Å²) in [7, 11) is 5.09. The molecule has 14 atom stereocenters. The second-order valence-corrected chi connectivity index (χ2v) is 37.3. The Balaban J connectivity index is 0.000000186. The summed E-state index contributed by atoms with van der Waals surface area (Å²) < 4.78 is 37.4. The largest absolute Gasteiger partial charge is 0.488 e. The van der Waals surface area contributed by atoms with Gasteiger partial charge in [-0.25, -0.2) is 48.7 Å². The topological polar surface area (TPSA) is 414 Å². The van der Waals surface area contributed by atoms with Gasteiger partial charge in [-0.15, -0.1) is 0 Å². The predicted octanol–water partition coefficient (Wildman–Crippen LogP) is 17.0. The number of imidazole rings is 4. The number of carbonyl (C=O) groups excluding carboxylic acids is 8. The number of nitrogens with zero attached hydrogens (tertiary/aromatic N) is 8. The molecule has 0 aliphatic carbocycles. The molecule has 0 bridgehead atoms. The molecule has 6 aliphatic rings. The normalized spacial score (nSPS) is 20.5. The van der Waals surface area contributed by atoms with Crippen molar-refractivity contribution in [2.24, 2.45) is 35.5 Å². The molecule has 0 radical (unpaired) electrons. The van der Waals surface area contributed by atoms with Crippen LogP contribution in [0.25, 0.3) is 88.4 Å². The maximum Gasteiger partial charge on any atom is 0.410 e. The number of alkyl carbamates (subject to hydrolysis) is 4. The SMILES string of the molecule is CCC(C)[C@H](NC(=O)OC)C(=O)N1[C@@H](C)CC[C@H]1c1nc2c(ccc3cc4c(cc32)OCc2cc(-c3cnc(C5C[C@H](C)CN5C(=O)OC(C)(C)C)[nH]3)ccc2-4)[nH]1.CCC(C)[C@H](NC(=O)OC)C(=O)N1[C@@H](C)CC[C@H]1c1nc2c(ccc3cc4c(cc32)OCc2cc(-c3cnc(C5C[C@H](C)CN5C(=O)[C@@H](NC(=O)OC)C(C)C)[nH]3)ccc2-4)[nH]1.COC(=O)N[C@H](C(=O)O)C(C)C. The quantitative estimate of drug-likeness (QED) is 0.0320. The molecule has 8 amide bonds. The average molecular weight is 1780 g/mol. The van der Waals surface area contributed by atoms with Crippen LogP contribution in [-0.4, -0.2) is 202 Å². The molecular weight excluding hydrogens is 1660 g/mol. The Morgan fingerprint density at radius 3 is 1.27 bits per heavy atom. The van der Waals surface area contributed by atoms with Gasteiger partial charge >= 0.3 is 36.4 Å². The molecule has 16 rings (SSSR count). The van der Waals surface area contributed by atoms with Crippen LogP contribution >= 0.6 is 0 Å². The lowest BCUT2D eigenvalue weighted by atomic mass is 9.92. The highest BCUT2D eigenvalue weighted by molar-refractivity contribution is 6.08. The molecule has 4 aromatic heterocycles. The Hall–Kier alpha value is -13.0. The lowest BCUT2D eigenvalue weighted by molar-refractivity contribution is -0.140. The summed E-state index contributed by atoms with van der Waals surface area (Å²) in [6.45, 7) is 31.2. The number of aromatic amines is 4. The van der Waals surface area contributed by atoms with Gasteiger partial charge in [0.15, 0.2) is 0 Å². The zero-order valence-corrected chi connectivity index (χ0v) is 77.5. The third-order valence-corrected chi connectivity index (χ3v) is 26.2. The van der Waals surface area contributed by atoms with Gasteiger partial charge in [0.05, 0.1) is 98.5 Å². The number of carboxylic acids is 1. The van der Waals surface area contributed by atoms with Gasteiger partial charge in [-0.3, -0.25) is 19.3 Å². The van der Waals surface area contributed by atoms with Crippen molar-refractivity contribution in [2.45, 2.75) is 234 Å². The molecule has 130 heavy (non-hydrogen) atoms. The molecule has 6 aliphatic heterocycles. The van der Waals surface area contributed by atoms with Crippen LogP contribution in [0.15, 0.2) is 97.3 Å². The van der Waals surface area contributed by atoms with Crippen molar-refractivity contribution < 1.29 is 81.4 Å². The number of fused-ring (bicyclic) bond motifs is 12. The number of H-pyrrole nitrogens is 4. The van der Waals surface area contributed by atoms with Crippen LogP contribution in [0.3, 0.4) is 0 Å². The zero-order chi connectivity index (χ0) is 93.3.